The first kappa shape index (κ1) is 24.1. The molecule has 5 heteroatoms. The van der Waals surface area contributed by atoms with Crippen LogP contribution >= 0.6 is 0 Å². The Morgan fingerprint density at radius 3 is 2.26 bits per heavy atom. The van der Waals surface area contributed by atoms with Crippen LogP contribution in [-0.2, 0) is 0 Å². The van der Waals surface area contributed by atoms with Crippen LogP contribution in [0, 0.1) is 6.92 Å². The smallest absolute Gasteiger partial charge is 0.137 e. The van der Waals surface area contributed by atoms with E-state index in [1.165, 1.54) is 54.7 Å². The summed E-state index contributed by atoms with van der Waals surface area (Å²) in [7, 11) is 2.16. The molecule has 0 bridgehead atoms. The third-order valence-corrected chi connectivity index (χ3v) is 10.9. The van der Waals surface area contributed by atoms with Crippen molar-refractivity contribution < 1.29 is 0 Å². The summed E-state index contributed by atoms with van der Waals surface area (Å²) in [5.41, 5.74) is 7.16. The molecular formula is C33H32N4Si. The normalized spacial score (nSPS) is 11.8. The Bertz CT molecular complexity index is 1800. The molecule has 0 aliphatic heterocycles. The van der Waals surface area contributed by atoms with Gasteiger partial charge in [0, 0.05) is 48.3 Å². The number of rotatable bonds is 5. The number of benzene rings is 3. The third kappa shape index (κ3) is 4.09. The summed E-state index contributed by atoms with van der Waals surface area (Å²) in [5, 5.41) is 5.05. The molecule has 3 heterocycles. The topological polar surface area (TPSA) is 34.0 Å². The predicted molar refractivity (Wildman–Crippen MR) is 164 cm³/mol. The van der Waals surface area contributed by atoms with E-state index in [0.717, 1.165) is 5.82 Å². The second-order valence-electron chi connectivity index (χ2n) is 10.8. The Hall–Kier alpha value is -4.22. The van der Waals surface area contributed by atoms with Crippen molar-refractivity contribution in [1.29, 1.82) is 0 Å². The van der Waals surface area contributed by atoms with Crippen LogP contribution in [0.2, 0.25) is 13.1 Å². The van der Waals surface area contributed by atoms with Crippen molar-refractivity contribution in [1.82, 2.24) is 14.5 Å². The highest BCUT2D eigenvalue weighted by Gasteiger charge is 2.28. The van der Waals surface area contributed by atoms with E-state index in [4.69, 9.17) is 9.97 Å². The SMILES string of the molecule is Cc1ccnc(-n2c3ccccc3c3ccc(-c4cccc([Si](C)(C)c5cc(N(C)C)ccn5)c4)cc32)c1. The number of anilines is 1. The average Bonchev–Trinajstić information content (AvgIpc) is 3.27. The van der Waals surface area contributed by atoms with Gasteiger partial charge in [-0.3, -0.25) is 9.55 Å². The predicted octanol–water partition coefficient (Wildman–Crippen LogP) is 6.44. The van der Waals surface area contributed by atoms with Crippen molar-refractivity contribution in [3.63, 3.8) is 0 Å². The molecule has 3 aromatic carbocycles. The van der Waals surface area contributed by atoms with Gasteiger partial charge in [-0.15, -0.1) is 0 Å². The maximum atomic E-state index is 4.81. The molecule has 3 aromatic heterocycles. The monoisotopic (exact) mass is 512 g/mol. The van der Waals surface area contributed by atoms with Crippen LogP contribution < -0.4 is 15.4 Å². The molecule has 0 aliphatic rings. The fraction of sp³-hybridized carbons (Fsp3) is 0.152. The van der Waals surface area contributed by atoms with E-state index in [0.29, 0.717) is 0 Å². The fourth-order valence-electron chi connectivity index (χ4n) is 5.31. The Kier molecular flexibility index (Phi) is 5.88. The molecule has 6 aromatic rings. The van der Waals surface area contributed by atoms with Crippen molar-refractivity contribution in [3.05, 3.63) is 109 Å². The summed E-state index contributed by atoms with van der Waals surface area (Å²) >= 11 is 0. The minimum Gasteiger partial charge on any atom is -0.378 e. The molecule has 6 rings (SSSR count). The Labute approximate surface area is 225 Å². The molecule has 0 saturated heterocycles. The van der Waals surface area contributed by atoms with Crippen molar-refractivity contribution in [3.8, 4) is 16.9 Å². The zero-order chi connectivity index (χ0) is 26.4. The van der Waals surface area contributed by atoms with Gasteiger partial charge < -0.3 is 4.90 Å². The zero-order valence-electron chi connectivity index (χ0n) is 22.6. The first-order valence-electron chi connectivity index (χ1n) is 13.0. The molecule has 0 unspecified atom stereocenters. The number of fused-ring (bicyclic) bond motifs is 3. The lowest BCUT2D eigenvalue weighted by molar-refractivity contribution is 1.07. The summed E-state index contributed by atoms with van der Waals surface area (Å²) in [6.07, 6.45) is 3.83. The molecule has 0 radical (unpaired) electrons. The van der Waals surface area contributed by atoms with Crippen molar-refractivity contribution >= 4 is 46.1 Å². The van der Waals surface area contributed by atoms with Crippen LogP contribution in [-0.4, -0.2) is 36.7 Å². The molecular weight excluding hydrogens is 480 g/mol. The number of para-hydroxylation sites is 1. The van der Waals surface area contributed by atoms with Crippen LogP contribution in [0.4, 0.5) is 5.69 Å². The summed E-state index contributed by atoms with van der Waals surface area (Å²) in [5.74, 6) is 0.947. The van der Waals surface area contributed by atoms with E-state index < -0.39 is 8.07 Å². The highest BCUT2D eigenvalue weighted by atomic mass is 28.3. The van der Waals surface area contributed by atoms with Crippen LogP contribution in [0.1, 0.15) is 5.56 Å². The number of aromatic nitrogens is 3. The molecule has 0 amide bonds. The van der Waals surface area contributed by atoms with Crippen LogP contribution in [0.3, 0.4) is 0 Å². The van der Waals surface area contributed by atoms with Crippen molar-refractivity contribution in [2.24, 2.45) is 0 Å². The molecule has 4 nitrogen and oxygen atoms in total. The molecule has 188 valence electrons. The van der Waals surface area contributed by atoms with Gasteiger partial charge in [-0.2, -0.15) is 0 Å². The summed E-state index contributed by atoms with van der Waals surface area (Å²) in [6.45, 7) is 6.89. The second kappa shape index (κ2) is 9.26. The lowest BCUT2D eigenvalue weighted by Crippen LogP contribution is -2.54. The van der Waals surface area contributed by atoms with E-state index in [2.05, 4.69) is 129 Å². The standard InChI is InChI=1S/C33H32N4Si/c1-23-15-17-34-32(19-23)37-30-12-7-6-11-28(30)29-14-13-25(21-31(29)37)24-9-8-10-27(20-24)38(4,5)33-22-26(36(2)3)16-18-35-33/h6-22H,1-5H3. The van der Waals surface area contributed by atoms with Gasteiger partial charge in [0.05, 0.1) is 11.0 Å². The molecule has 0 fully saturated rings. The number of hydrogen-bond acceptors (Lipinski definition) is 3. The zero-order valence-corrected chi connectivity index (χ0v) is 23.6. The lowest BCUT2D eigenvalue weighted by atomic mass is 10.0. The van der Waals surface area contributed by atoms with Crippen molar-refractivity contribution in [2.45, 2.75) is 20.0 Å². The minimum atomic E-state index is -2.00. The minimum absolute atomic E-state index is 0.947. The van der Waals surface area contributed by atoms with E-state index in [1.807, 2.05) is 18.5 Å². The number of aryl methyl sites for hydroxylation is 1. The van der Waals surface area contributed by atoms with Gasteiger partial charge in [0.2, 0.25) is 0 Å². The summed E-state index contributed by atoms with van der Waals surface area (Å²) in [6, 6.07) is 33.0. The largest absolute Gasteiger partial charge is 0.378 e. The number of nitrogens with zero attached hydrogens (tertiary/aromatic N) is 4. The first-order chi connectivity index (χ1) is 18.3. The Morgan fingerprint density at radius 1 is 0.684 bits per heavy atom. The van der Waals surface area contributed by atoms with E-state index in [1.54, 1.807) is 0 Å². The molecule has 0 atom stereocenters. The first-order valence-corrected chi connectivity index (χ1v) is 16.0. The van der Waals surface area contributed by atoms with Gasteiger partial charge in [-0.1, -0.05) is 72.9 Å². The Morgan fingerprint density at radius 2 is 1.45 bits per heavy atom. The maximum Gasteiger partial charge on any atom is 0.137 e. The van der Waals surface area contributed by atoms with E-state index >= 15 is 0 Å². The average molecular weight is 513 g/mol. The quantitative estimate of drug-likeness (QED) is 0.249. The molecule has 38 heavy (non-hydrogen) atoms. The van der Waals surface area contributed by atoms with Crippen LogP contribution in [0.15, 0.2) is 103 Å². The van der Waals surface area contributed by atoms with E-state index in [9.17, 15) is 0 Å². The number of hydrogen-bond donors (Lipinski definition) is 0. The van der Waals surface area contributed by atoms with Gasteiger partial charge in [0.25, 0.3) is 0 Å². The Balaban J connectivity index is 1.50. The summed E-state index contributed by atoms with van der Waals surface area (Å²) < 4.78 is 2.29. The van der Waals surface area contributed by atoms with Gasteiger partial charge in [0.15, 0.2) is 0 Å². The maximum absolute atomic E-state index is 4.81. The number of pyridine rings is 2. The van der Waals surface area contributed by atoms with Gasteiger partial charge in [-0.25, -0.2) is 4.98 Å². The fourth-order valence-corrected chi connectivity index (χ4v) is 7.55. The lowest BCUT2D eigenvalue weighted by Gasteiger charge is -2.24. The molecule has 0 saturated carbocycles. The van der Waals surface area contributed by atoms with Crippen LogP contribution in [0.5, 0.6) is 0 Å². The van der Waals surface area contributed by atoms with Crippen molar-refractivity contribution in [2.75, 3.05) is 19.0 Å². The molecule has 0 N–H and O–H groups in total. The van der Waals surface area contributed by atoms with Gasteiger partial charge in [0.1, 0.15) is 13.9 Å². The van der Waals surface area contributed by atoms with Gasteiger partial charge >= 0.3 is 0 Å². The van der Waals surface area contributed by atoms with E-state index in [-0.39, 0.29) is 0 Å². The molecule has 0 aliphatic carbocycles. The summed E-state index contributed by atoms with van der Waals surface area (Å²) in [4.78, 5) is 11.7. The van der Waals surface area contributed by atoms with Crippen LogP contribution in [0.25, 0.3) is 38.8 Å². The third-order valence-electron chi connectivity index (χ3n) is 7.62. The highest BCUT2D eigenvalue weighted by Crippen LogP contribution is 2.34. The molecule has 0 spiro atoms. The second-order valence-corrected chi connectivity index (χ2v) is 15.1. The highest BCUT2D eigenvalue weighted by molar-refractivity contribution is 7.00. The van der Waals surface area contributed by atoms with Gasteiger partial charge in [-0.05, 0) is 60.0 Å².